The summed E-state index contributed by atoms with van der Waals surface area (Å²) in [6.45, 7) is 3.70. The maximum Gasteiger partial charge on any atom is 0.239 e. The third kappa shape index (κ3) is 6.03. The summed E-state index contributed by atoms with van der Waals surface area (Å²) in [6.07, 6.45) is 0.892. The molecular formula is C22H24Cl2N2O4. The lowest BCUT2D eigenvalue weighted by molar-refractivity contribution is -0.135. The molecular weight excluding hydrogens is 427 g/mol. The normalized spacial score (nSPS) is 12.8. The first-order valence-corrected chi connectivity index (χ1v) is 10.6. The first-order valence-electron chi connectivity index (χ1n) is 9.83. The molecule has 2 amide bonds. The van der Waals surface area contributed by atoms with E-state index in [1.54, 1.807) is 24.3 Å². The molecule has 0 saturated heterocycles. The van der Waals surface area contributed by atoms with Gasteiger partial charge in [-0.1, -0.05) is 35.3 Å². The Kier molecular flexibility index (Phi) is 7.82. The average molecular weight is 451 g/mol. The van der Waals surface area contributed by atoms with Crippen molar-refractivity contribution in [3.63, 3.8) is 0 Å². The lowest BCUT2D eigenvalue weighted by atomic mass is 10.1. The Labute approximate surface area is 186 Å². The number of rotatable bonds is 7. The van der Waals surface area contributed by atoms with Gasteiger partial charge in [0.25, 0.3) is 0 Å². The van der Waals surface area contributed by atoms with Crippen molar-refractivity contribution in [3.8, 4) is 11.5 Å². The van der Waals surface area contributed by atoms with Crippen LogP contribution in [0.4, 0.5) is 0 Å². The second kappa shape index (κ2) is 10.5. The zero-order valence-corrected chi connectivity index (χ0v) is 18.3. The van der Waals surface area contributed by atoms with E-state index in [1.807, 2.05) is 19.1 Å². The number of benzene rings is 2. The fraction of sp³-hybridized carbons (Fsp3) is 0.364. The van der Waals surface area contributed by atoms with Gasteiger partial charge in [0.15, 0.2) is 11.5 Å². The predicted molar refractivity (Wildman–Crippen MR) is 116 cm³/mol. The SMILES string of the molecule is CCN(CC(=O)NCc1ccc(Cl)cc1)C(=O)Cc1cc(Cl)c2c(c1)OCCCO2. The number of carbonyl (C=O) groups excluding carboxylic acids is 2. The molecule has 2 aromatic carbocycles. The summed E-state index contributed by atoms with van der Waals surface area (Å²) in [5, 5.41) is 3.88. The number of nitrogens with zero attached hydrogens (tertiary/aromatic N) is 1. The molecule has 0 aliphatic carbocycles. The molecule has 1 aliphatic rings. The van der Waals surface area contributed by atoms with Crippen LogP contribution in [0.25, 0.3) is 0 Å². The minimum atomic E-state index is -0.225. The van der Waals surface area contributed by atoms with Crippen LogP contribution in [0, 0.1) is 0 Å². The Morgan fingerprint density at radius 2 is 1.80 bits per heavy atom. The molecule has 0 radical (unpaired) electrons. The van der Waals surface area contributed by atoms with E-state index in [-0.39, 0.29) is 24.8 Å². The van der Waals surface area contributed by atoms with Gasteiger partial charge < -0.3 is 19.7 Å². The highest BCUT2D eigenvalue weighted by atomic mass is 35.5. The summed E-state index contributed by atoms with van der Waals surface area (Å²) >= 11 is 12.2. The Balaban J connectivity index is 1.57. The molecule has 0 aromatic heterocycles. The Bertz CT molecular complexity index is 903. The number of hydrogen-bond acceptors (Lipinski definition) is 4. The van der Waals surface area contributed by atoms with Gasteiger partial charge in [-0.25, -0.2) is 0 Å². The molecule has 6 nitrogen and oxygen atoms in total. The van der Waals surface area contributed by atoms with Crippen LogP contribution in [0.3, 0.4) is 0 Å². The van der Waals surface area contributed by atoms with E-state index in [9.17, 15) is 9.59 Å². The van der Waals surface area contributed by atoms with Gasteiger partial charge in [-0.3, -0.25) is 9.59 Å². The van der Waals surface area contributed by atoms with Crippen molar-refractivity contribution in [2.75, 3.05) is 26.3 Å². The molecule has 8 heteroatoms. The van der Waals surface area contributed by atoms with E-state index >= 15 is 0 Å². The topological polar surface area (TPSA) is 67.9 Å². The van der Waals surface area contributed by atoms with Gasteiger partial charge >= 0.3 is 0 Å². The summed E-state index contributed by atoms with van der Waals surface area (Å²) < 4.78 is 11.3. The third-order valence-electron chi connectivity index (χ3n) is 4.69. The number of halogens is 2. The van der Waals surface area contributed by atoms with Gasteiger partial charge in [0, 0.05) is 24.5 Å². The van der Waals surface area contributed by atoms with Crippen LogP contribution in [-0.2, 0) is 22.6 Å². The van der Waals surface area contributed by atoms with Crippen LogP contribution < -0.4 is 14.8 Å². The van der Waals surface area contributed by atoms with E-state index < -0.39 is 0 Å². The van der Waals surface area contributed by atoms with Gasteiger partial charge in [-0.15, -0.1) is 0 Å². The second-order valence-electron chi connectivity index (χ2n) is 6.94. The summed E-state index contributed by atoms with van der Waals surface area (Å²) in [7, 11) is 0. The van der Waals surface area contributed by atoms with Gasteiger partial charge in [0.1, 0.15) is 0 Å². The highest BCUT2D eigenvalue weighted by Crippen LogP contribution is 2.38. The second-order valence-corrected chi connectivity index (χ2v) is 7.79. The molecule has 0 fully saturated rings. The Hall–Kier alpha value is -2.44. The summed E-state index contributed by atoms with van der Waals surface area (Å²) in [5.74, 6) is 0.674. The largest absolute Gasteiger partial charge is 0.489 e. The van der Waals surface area contributed by atoms with Gasteiger partial charge in [-0.05, 0) is 42.3 Å². The highest BCUT2D eigenvalue weighted by Gasteiger charge is 2.20. The highest BCUT2D eigenvalue weighted by molar-refractivity contribution is 6.32. The van der Waals surface area contributed by atoms with Crippen molar-refractivity contribution in [2.24, 2.45) is 0 Å². The summed E-state index contributed by atoms with van der Waals surface area (Å²) in [4.78, 5) is 26.6. The molecule has 0 spiro atoms. The Morgan fingerprint density at radius 1 is 1.07 bits per heavy atom. The van der Waals surface area contributed by atoms with Gasteiger partial charge in [0.05, 0.1) is 31.2 Å². The molecule has 3 rings (SSSR count). The number of nitrogens with one attached hydrogen (secondary N) is 1. The Morgan fingerprint density at radius 3 is 2.53 bits per heavy atom. The summed E-state index contributed by atoms with van der Waals surface area (Å²) in [6, 6.07) is 10.7. The molecule has 0 atom stereocenters. The maximum atomic E-state index is 12.8. The number of carbonyl (C=O) groups is 2. The van der Waals surface area contributed by atoms with Crippen molar-refractivity contribution in [1.29, 1.82) is 0 Å². The quantitative estimate of drug-likeness (QED) is 0.695. The fourth-order valence-corrected chi connectivity index (χ4v) is 3.49. The smallest absolute Gasteiger partial charge is 0.239 e. The zero-order chi connectivity index (χ0) is 21.5. The number of hydrogen-bond donors (Lipinski definition) is 1. The zero-order valence-electron chi connectivity index (χ0n) is 16.7. The van der Waals surface area contributed by atoms with E-state index in [2.05, 4.69) is 5.32 Å². The van der Waals surface area contributed by atoms with Crippen LogP contribution in [0.15, 0.2) is 36.4 Å². The van der Waals surface area contributed by atoms with Crippen LogP contribution in [-0.4, -0.2) is 43.0 Å². The van der Waals surface area contributed by atoms with E-state index in [0.717, 1.165) is 12.0 Å². The van der Waals surface area contributed by atoms with Crippen molar-refractivity contribution in [1.82, 2.24) is 10.2 Å². The van der Waals surface area contributed by atoms with Gasteiger partial charge in [0.2, 0.25) is 11.8 Å². The molecule has 30 heavy (non-hydrogen) atoms. The van der Waals surface area contributed by atoms with Crippen LogP contribution in [0.1, 0.15) is 24.5 Å². The molecule has 1 heterocycles. The number of amides is 2. The molecule has 1 N–H and O–H groups in total. The number of likely N-dealkylation sites (N-methyl/N-ethyl adjacent to an activating group) is 1. The molecule has 160 valence electrons. The number of ether oxygens (including phenoxy) is 2. The molecule has 2 aromatic rings. The molecule has 0 unspecified atom stereocenters. The molecule has 0 saturated carbocycles. The van der Waals surface area contributed by atoms with Crippen LogP contribution in [0.5, 0.6) is 11.5 Å². The average Bonchev–Trinajstić information content (AvgIpc) is 2.97. The first kappa shape index (κ1) is 22.2. The van der Waals surface area contributed by atoms with Crippen molar-refractivity contribution in [2.45, 2.75) is 26.3 Å². The van der Waals surface area contributed by atoms with Crippen molar-refractivity contribution < 1.29 is 19.1 Å². The van der Waals surface area contributed by atoms with Crippen molar-refractivity contribution >= 4 is 35.0 Å². The van der Waals surface area contributed by atoms with E-state index in [0.29, 0.717) is 53.4 Å². The third-order valence-corrected chi connectivity index (χ3v) is 5.22. The monoisotopic (exact) mass is 450 g/mol. The molecule has 1 aliphatic heterocycles. The van der Waals surface area contributed by atoms with E-state index in [1.165, 1.54) is 4.90 Å². The lowest BCUT2D eigenvalue weighted by Crippen LogP contribution is -2.41. The van der Waals surface area contributed by atoms with Gasteiger partial charge in [-0.2, -0.15) is 0 Å². The minimum Gasteiger partial charge on any atom is -0.489 e. The van der Waals surface area contributed by atoms with Crippen LogP contribution in [0.2, 0.25) is 10.0 Å². The minimum absolute atomic E-state index is 0.0127. The van der Waals surface area contributed by atoms with E-state index in [4.69, 9.17) is 32.7 Å². The number of fused-ring (bicyclic) bond motifs is 1. The van der Waals surface area contributed by atoms with Crippen LogP contribution >= 0.6 is 23.2 Å². The molecule has 0 bridgehead atoms. The fourth-order valence-electron chi connectivity index (χ4n) is 3.08. The standard InChI is InChI=1S/C22H24Cl2N2O4/c1-2-26(14-20(27)25-13-15-4-6-17(23)7-5-15)21(28)12-16-10-18(24)22-19(11-16)29-8-3-9-30-22/h4-7,10-11H,2-3,8-9,12-14H2,1H3,(H,25,27). The predicted octanol–water partition coefficient (Wildman–Crippen LogP) is 3.86. The first-order chi connectivity index (χ1) is 14.5. The maximum absolute atomic E-state index is 12.8. The van der Waals surface area contributed by atoms with Crippen molar-refractivity contribution in [3.05, 3.63) is 57.6 Å². The summed E-state index contributed by atoms with van der Waals surface area (Å²) in [5.41, 5.74) is 1.65. The lowest BCUT2D eigenvalue weighted by Gasteiger charge is -2.21.